The Morgan fingerprint density at radius 2 is 1.76 bits per heavy atom. The van der Waals surface area contributed by atoms with Gasteiger partial charge in [0, 0.05) is 19.7 Å². The lowest BCUT2D eigenvalue weighted by Gasteiger charge is -2.13. The summed E-state index contributed by atoms with van der Waals surface area (Å²) in [5.74, 6) is 0.547. The molecule has 4 nitrogen and oxygen atoms in total. The molecular weight excluding hydrogens is 238 g/mol. The average molecular weight is 251 g/mol. The molecule has 1 aromatic heterocycles. The second-order valence-electron chi connectivity index (χ2n) is 3.76. The molecule has 0 saturated carbocycles. The molecule has 0 fully saturated rings. The predicted molar refractivity (Wildman–Crippen MR) is 65.0 cm³/mol. The van der Waals surface area contributed by atoms with E-state index in [1.54, 1.807) is 36.4 Å². The van der Waals surface area contributed by atoms with E-state index in [0.717, 1.165) is 0 Å². The van der Waals surface area contributed by atoms with Gasteiger partial charge >= 0.3 is 0 Å². The van der Waals surface area contributed by atoms with Crippen LogP contribution in [-0.4, -0.2) is 26.8 Å². The summed E-state index contributed by atoms with van der Waals surface area (Å²) in [6.45, 7) is 0. The van der Waals surface area contributed by atoms with Crippen LogP contribution < -0.4 is 0 Å². The van der Waals surface area contributed by atoms with Crippen LogP contribution in [0.5, 0.6) is 0 Å². The summed E-state index contributed by atoms with van der Waals surface area (Å²) < 4.78 is 30.7. The first kappa shape index (κ1) is 11.9. The molecule has 2 rings (SSSR count). The molecule has 0 saturated heterocycles. The highest BCUT2D eigenvalue weighted by atomic mass is 32.2. The normalized spacial score (nSPS) is 11.9. The highest BCUT2D eigenvalue weighted by Crippen LogP contribution is 2.28. The number of rotatable bonds is 3. The molecule has 0 aliphatic heterocycles. The second-order valence-corrected chi connectivity index (χ2v) is 5.88. The van der Waals surface area contributed by atoms with Gasteiger partial charge in [-0.3, -0.25) is 0 Å². The highest BCUT2D eigenvalue weighted by Gasteiger charge is 2.22. The largest absolute Gasteiger partial charge is 0.464 e. The van der Waals surface area contributed by atoms with Crippen LogP contribution in [0.25, 0.3) is 11.3 Å². The molecule has 0 aliphatic rings. The van der Waals surface area contributed by atoms with E-state index in [2.05, 4.69) is 0 Å². The minimum atomic E-state index is -3.46. The maximum atomic E-state index is 12.1. The van der Waals surface area contributed by atoms with Crippen molar-refractivity contribution in [2.45, 2.75) is 4.90 Å². The standard InChI is InChI=1S/C12H13NO3S/c1-13(2)17(14,15)12-8-4-3-6-10(12)11-7-5-9-16-11/h3-9H,1-2H3. The molecule has 0 aliphatic carbocycles. The quantitative estimate of drug-likeness (QED) is 0.840. The molecule has 2 aromatic rings. The van der Waals surface area contributed by atoms with E-state index in [0.29, 0.717) is 11.3 Å². The number of furan rings is 1. The van der Waals surface area contributed by atoms with Crippen molar-refractivity contribution in [2.75, 3.05) is 14.1 Å². The predicted octanol–water partition coefficient (Wildman–Crippen LogP) is 2.20. The first-order valence-electron chi connectivity index (χ1n) is 5.09. The number of benzene rings is 1. The van der Waals surface area contributed by atoms with Crippen molar-refractivity contribution in [1.82, 2.24) is 4.31 Å². The minimum absolute atomic E-state index is 0.250. The fourth-order valence-corrected chi connectivity index (χ4v) is 2.61. The summed E-state index contributed by atoms with van der Waals surface area (Å²) in [4.78, 5) is 0.250. The second kappa shape index (κ2) is 4.35. The summed E-state index contributed by atoms with van der Waals surface area (Å²) in [5.41, 5.74) is 0.575. The minimum Gasteiger partial charge on any atom is -0.464 e. The van der Waals surface area contributed by atoms with Crippen LogP contribution >= 0.6 is 0 Å². The van der Waals surface area contributed by atoms with E-state index in [1.165, 1.54) is 24.7 Å². The molecule has 1 aromatic carbocycles. The van der Waals surface area contributed by atoms with Gasteiger partial charge in [-0.15, -0.1) is 0 Å². The third-order valence-corrected chi connectivity index (χ3v) is 4.31. The Morgan fingerprint density at radius 3 is 2.35 bits per heavy atom. The molecular formula is C12H13NO3S. The zero-order chi connectivity index (χ0) is 12.5. The van der Waals surface area contributed by atoms with Crippen molar-refractivity contribution in [2.24, 2.45) is 0 Å². The van der Waals surface area contributed by atoms with Crippen molar-refractivity contribution in [3.63, 3.8) is 0 Å². The van der Waals surface area contributed by atoms with Gasteiger partial charge in [0.25, 0.3) is 0 Å². The zero-order valence-corrected chi connectivity index (χ0v) is 10.4. The Balaban J connectivity index is 2.65. The molecule has 0 unspecified atom stereocenters. The fourth-order valence-electron chi connectivity index (χ4n) is 1.52. The summed E-state index contributed by atoms with van der Waals surface area (Å²) in [6.07, 6.45) is 1.52. The van der Waals surface area contributed by atoms with Crippen LogP contribution in [0.15, 0.2) is 52.0 Å². The zero-order valence-electron chi connectivity index (χ0n) is 9.62. The van der Waals surface area contributed by atoms with Crippen molar-refractivity contribution in [3.05, 3.63) is 42.7 Å². The Labute approximate surface area is 101 Å². The van der Waals surface area contributed by atoms with Crippen LogP contribution in [0.3, 0.4) is 0 Å². The molecule has 0 atom stereocenters. The van der Waals surface area contributed by atoms with Crippen LogP contribution in [-0.2, 0) is 10.0 Å². The van der Waals surface area contributed by atoms with Crippen LogP contribution in [0, 0.1) is 0 Å². The molecule has 0 radical (unpaired) electrons. The fraction of sp³-hybridized carbons (Fsp3) is 0.167. The SMILES string of the molecule is CN(C)S(=O)(=O)c1ccccc1-c1ccco1. The van der Waals surface area contributed by atoms with Gasteiger partial charge in [-0.2, -0.15) is 0 Å². The van der Waals surface area contributed by atoms with Crippen LogP contribution in [0.4, 0.5) is 0 Å². The molecule has 5 heteroatoms. The average Bonchev–Trinajstić information content (AvgIpc) is 2.82. The lowest BCUT2D eigenvalue weighted by Crippen LogP contribution is -2.22. The van der Waals surface area contributed by atoms with Gasteiger partial charge in [0.15, 0.2) is 0 Å². The molecule has 0 spiro atoms. The van der Waals surface area contributed by atoms with Gasteiger partial charge in [-0.05, 0) is 24.3 Å². The molecule has 0 N–H and O–H groups in total. The van der Waals surface area contributed by atoms with E-state index in [9.17, 15) is 8.42 Å². The maximum absolute atomic E-state index is 12.1. The lowest BCUT2D eigenvalue weighted by molar-refractivity contribution is 0.520. The first-order chi connectivity index (χ1) is 8.03. The van der Waals surface area contributed by atoms with Crippen molar-refractivity contribution in [1.29, 1.82) is 0 Å². The smallest absolute Gasteiger partial charge is 0.243 e. The summed E-state index contributed by atoms with van der Waals surface area (Å²) in [7, 11) is -0.444. The van der Waals surface area contributed by atoms with E-state index in [-0.39, 0.29) is 4.90 Å². The van der Waals surface area contributed by atoms with Gasteiger partial charge in [0.2, 0.25) is 10.0 Å². The maximum Gasteiger partial charge on any atom is 0.243 e. The molecule has 90 valence electrons. The summed E-state index contributed by atoms with van der Waals surface area (Å²) in [6, 6.07) is 10.3. The lowest BCUT2D eigenvalue weighted by atomic mass is 10.2. The van der Waals surface area contributed by atoms with E-state index in [1.807, 2.05) is 0 Å². The van der Waals surface area contributed by atoms with Gasteiger partial charge in [0.05, 0.1) is 11.2 Å². The van der Waals surface area contributed by atoms with Gasteiger partial charge < -0.3 is 4.42 Å². The first-order valence-corrected chi connectivity index (χ1v) is 6.53. The van der Waals surface area contributed by atoms with Crippen molar-refractivity contribution in [3.8, 4) is 11.3 Å². The Hall–Kier alpha value is -1.59. The molecule has 1 heterocycles. The Bertz CT molecular complexity index is 600. The van der Waals surface area contributed by atoms with Crippen LogP contribution in [0.2, 0.25) is 0 Å². The third-order valence-electron chi connectivity index (χ3n) is 2.43. The van der Waals surface area contributed by atoms with E-state index in [4.69, 9.17) is 4.42 Å². The molecule has 17 heavy (non-hydrogen) atoms. The number of sulfonamides is 1. The summed E-state index contributed by atoms with van der Waals surface area (Å²) >= 11 is 0. The molecule has 0 amide bonds. The van der Waals surface area contributed by atoms with Crippen molar-refractivity contribution < 1.29 is 12.8 Å². The van der Waals surface area contributed by atoms with Gasteiger partial charge in [0.1, 0.15) is 5.76 Å². The Kier molecular flexibility index (Phi) is 3.04. The topological polar surface area (TPSA) is 50.5 Å². The third kappa shape index (κ3) is 2.11. The number of hydrogen-bond acceptors (Lipinski definition) is 3. The number of hydrogen-bond donors (Lipinski definition) is 0. The number of nitrogens with zero attached hydrogens (tertiary/aromatic N) is 1. The van der Waals surface area contributed by atoms with Crippen molar-refractivity contribution >= 4 is 10.0 Å². The molecule has 0 bridgehead atoms. The van der Waals surface area contributed by atoms with Crippen LogP contribution in [0.1, 0.15) is 0 Å². The van der Waals surface area contributed by atoms with Gasteiger partial charge in [-0.25, -0.2) is 12.7 Å². The van der Waals surface area contributed by atoms with E-state index >= 15 is 0 Å². The summed E-state index contributed by atoms with van der Waals surface area (Å²) in [5, 5.41) is 0. The monoisotopic (exact) mass is 251 g/mol. The van der Waals surface area contributed by atoms with Gasteiger partial charge in [-0.1, -0.05) is 12.1 Å². The Morgan fingerprint density at radius 1 is 1.06 bits per heavy atom. The van der Waals surface area contributed by atoms with E-state index < -0.39 is 10.0 Å². The highest BCUT2D eigenvalue weighted by molar-refractivity contribution is 7.89.